The SMILES string of the molecule is Cc1cc(C([O-])=C2C(=O)C(=O)N(CCC[NH+]3CCOCC3)C2c2ccc([N+](=O)[O-])cc2)ccc1OCc1ccccc1. The second-order valence-electron chi connectivity index (χ2n) is 10.5. The lowest BCUT2D eigenvalue weighted by atomic mass is 9.94. The molecule has 3 aromatic carbocycles. The van der Waals surface area contributed by atoms with E-state index in [2.05, 4.69) is 0 Å². The van der Waals surface area contributed by atoms with Gasteiger partial charge in [-0.2, -0.15) is 0 Å². The lowest BCUT2D eigenvalue weighted by molar-refractivity contribution is -0.908. The van der Waals surface area contributed by atoms with Crippen LogP contribution in [0.15, 0.2) is 78.4 Å². The molecule has 0 spiro atoms. The summed E-state index contributed by atoms with van der Waals surface area (Å²) in [7, 11) is 0. The Hall–Kier alpha value is -4.54. The van der Waals surface area contributed by atoms with E-state index in [4.69, 9.17) is 9.47 Å². The molecule has 2 saturated heterocycles. The van der Waals surface area contributed by atoms with Crippen molar-refractivity contribution in [3.63, 3.8) is 0 Å². The van der Waals surface area contributed by atoms with Gasteiger partial charge in [-0.25, -0.2) is 0 Å². The first-order valence-corrected chi connectivity index (χ1v) is 14.0. The molecule has 2 aliphatic heterocycles. The highest BCUT2D eigenvalue weighted by Crippen LogP contribution is 2.39. The van der Waals surface area contributed by atoms with Gasteiger partial charge in [-0.15, -0.1) is 0 Å². The molecule has 2 heterocycles. The van der Waals surface area contributed by atoms with E-state index in [1.54, 1.807) is 18.2 Å². The van der Waals surface area contributed by atoms with Gasteiger partial charge < -0.3 is 24.4 Å². The van der Waals surface area contributed by atoms with E-state index in [1.165, 1.54) is 34.1 Å². The molecular formula is C32H33N3O7. The van der Waals surface area contributed by atoms with Gasteiger partial charge in [0.05, 0.1) is 30.7 Å². The summed E-state index contributed by atoms with van der Waals surface area (Å²) in [6, 6.07) is 19.4. The van der Waals surface area contributed by atoms with Gasteiger partial charge in [0, 0.05) is 30.7 Å². The van der Waals surface area contributed by atoms with Crippen LogP contribution in [0, 0.1) is 17.0 Å². The summed E-state index contributed by atoms with van der Waals surface area (Å²) in [5.41, 5.74) is 2.19. The summed E-state index contributed by atoms with van der Waals surface area (Å²) in [4.78, 5) is 40.2. The molecule has 0 radical (unpaired) electrons. The zero-order valence-corrected chi connectivity index (χ0v) is 23.4. The first kappa shape index (κ1) is 29.0. The fourth-order valence-electron chi connectivity index (χ4n) is 5.48. The first-order valence-electron chi connectivity index (χ1n) is 14.0. The Bertz CT molecular complexity index is 1480. The van der Waals surface area contributed by atoms with Crippen LogP contribution in [0.25, 0.3) is 5.76 Å². The number of rotatable bonds is 10. The number of amides is 1. The van der Waals surface area contributed by atoms with Crippen LogP contribution in [0.3, 0.4) is 0 Å². The lowest BCUT2D eigenvalue weighted by Crippen LogP contribution is -3.14. The molecule has 0 aromatic heterocycles. The van der Waals surface area contributed by atoms with Crippen molar-refractivity contribution >= 4 is 23.1 Å². The normalized spacial score (nSPS) is 18.8. The van der Waals surface area contributed by atoms with E-state index < -0.39 is 28.4 Å². The number of nitrogens with one attached hydrogen (secondary N) is 1. The van der Waals surface area contributed by atoms with Gasteiger partial charge in [-0.1, -0.05) is 42.2 Å². The third-order valence-electron chi connectivity index (χ3n) is 7.75. The minimum Gasteiger partial charge on any atom is -0.872 e. The Morgan fingerprint density at radius 3 is 2.43 bits per heavy atom. The molecule has 0 aliphatic carbocycles. The van der Waals surface area contributed by atoms with Gasteiger partial charge in [-0.3, -0.25) is 19.7 Å². The highest BCUT2D eigenvalue weighted by Gasteiger charge is 2.44. The van der Waals surface area contributed by atoms with Crippen LogP contribution >= 0.6 is 0 Å². The molecule has 1 amide bonds. The van der Waals surface area contributed by atoms with E-state index in [0.29, 0.717) is 43.1 Å². The Balaban J connectivity index is 1.44. The Kier molecular flexibility index (Phi) is 8.94. The summed E-state index contributed by atoms with van der Waals surface area (Å²) in [5.74, 6) is -1.52. The number of non-ortho nitro benzene ring substituents is 1. The zero-order chi connectivity index (χ0) is 29.6. The Morgan fingerprint density at radius 1 is 1.05 bits per heavy atom. The number of Topliss-reactive ketones (excluding diaryl/α,β-unsaturated/α-hetero) is 1. The van der Waals surface area contributed by atoms with E-state index in [-0.39, 0.29) is 23.4 Å². The monoisotopic (exact) mass is 571 g/mol. The van der Waals surface area contributed by atoms with Gasteiger partial charge in [0.1, 0.15) is 25.4 Å². The molecule has 1 atom stereocenters. The van der Waals surface area contributed by atoms with Crippen LogP contribution in [0.5, 0.6) is 5.75 Å². The number of aryl methyl sites for hydroxylation is 1. The molecule has 218 valence electrons. The number of hydrogen-bond donors (Lipinski definition) is 1. The van der Waals surface area contributed by atoms with Crippen LogP contribution < -0.4 is 14.7 Å². The standard InChI is InChI=1S/C32H33N3O7/c1-22-20-25(10-13-27(22)42-21-23-6-3-2-4-7-23)30(36)28-29(24-8-11-26(12-9-24)35(39)40)34(32(38)31(28)37)15-5-14-33-16-18-41-19-17-33/h2-4,6-13,20,29,36H,5,14-19,21H2,1H3. The third-order valence-corrected chi connectivity index (χ3v) is 7.75. The molecule has 3 aromatic rings. The number of nitrogens with zero attached hydrogens (tertiary/aromatic N) is 2. The third kappa shape index (κ3) is 6.35. The van der Waals surface area contributed by atoms with E-state index in [9.17, 15) is 24.8 Å². The molecular weight excluding hydrogens is 538 g/mol. The number of carbonyl (C=O) groups excluding carboxylic acids is 2. The van der Waals surface area contributed by atoms with Crippen molar-refractivity contribution in [3.8, 4) is 5.75 Å². The maximum atomic E-state index is 13.9. The molecule has 2 fully saturated rings. The number of benzene rings is 3. The van der Waals surface area contributed by atoms with Crippen LogP contribution in [0.1, 0.15) is 34.7 Å². The Labute approximate surface area is 243 Å². The number of ether oxygens (including phenoxy) is 2. The van der Waals surface area contributed by atoms with Crippen molar-refractivity contribution in [1.29, 1.82) is 0 Å². The summed E-state index contributed by atoms with van der Waals surface area (Å²) >= 11 is 0. The molecule has 5 rings (SSSR count). The van der Waals surface area contributed by atoms with Crippen LogP contribution in [-0.4, -0.2) is 60.9 Å². The topological polar surface area (TPSA) is 126 Å². The molecule has 0 bridgehead atoms. The van der Waals surface area contributed by atoms with Gasteiger partial charge in [0.2, 0.25) is 5.78 Å². The minimum atomic E-state index is -0.938. The van der Waals surface area contributed by atoms with Crippen molar-refractivity contribution < 1.29 is 34.0 Å². The number of ketones is 1. The average molecular weight is 572 g/mol. The largest absolute Gasteiger partial charge is 0.872 e. The van der Waals surface area contributed by atoms with Crippen LogP contribution in [-0.2, 0) is 20.9 Å². The lowest BCUT2D eigenvalue weighted by Gasteiger charge is -2.29. The second-order valence-corrected chi connectivity index (χ2v) is 10.5. The maximum absolute atomic E-state index is 13.9. The van der Waals surface area contributed by atoms with E-state index in [1.807, 2.05) is 37.3 Å². The van der Waals surface area contributed by atoms with Crippen LogP contribution in [0.2, 0.25) is 0 Å². The molecule has 42 heavy (non-hydrogen) atoms. The fourth-order valence-corrected chi connectivity index (χ4v) is 5.48. The number of carbonyl (C=O) groups is 2. The van der Waals surface area contributed by atoms with Gasteiger partial charge >= 0.3 is 0 Å². The highest BCUT2D eigenvalue weighted by molar-refractivity contribution is 6.46. The van der Waals surface area contributed by atoms with Crippen molar-refractivity contribution in [1.82, 2.24) is 4.90 Å². The van der Waals surface area contributed by atoms with Crippen molar-refractivity contribution in [2.75, 3.05) is 39.4 Å². The number of nitro benzene ring substituents is 1. The average Bonchev–Trinajstić information content (AvgIpc) is 3.26. The van der Waals surface area contributed by atoms with Crippen molar-refractivity contribution in [3.05, 3.63) is 111 Å². The Morgan fingerprint density at radius 2 is 1.76 bits per heavy atom. The molecule has 0 saturated carbocycles. The molecule has 1 N–H and O–H groups in total. The van der Waals surface area contributed by atoms with Gasteiger partial charge in [-0.05, 0) is 53.4 Å². The molecule has 10 heteroatoms. The number of nitro groups is 1. The second kappa shape index (κ2) is 13.0. The molecule has 2 aliphatic rings. The smallest absolute Gasteiger partial charge is 0.295 e. The molecule has 1 unspecified atom stereocenters. The van der Waals surface area contributed by atoms with Gasteiger partial charge in [0.15, 0.2) is 0 Å². The maximum Gasteiger partial charge on any atom is 0.295 e. The first-order chi connectivity index (χ1) is 20.3. The zero-order valence-electron chi connectivity index (χ0n) is 23.4. The van der Waals surface area contributed by atoms with Crippen molar-refractivity contribution in [2.24, 2.45) is 0 Å². The van der Waals surface area contributed by atoms with Gasteiger partial charge in [0.25, 0.3) is 11.6 Å². The molecule has 10 nitrogen and oxygen atoms in total. The quantitative estimate of drug-likeness (QED) is 0.130. The number of hydrogen-bond acceptors (Lipinski definition) is 7. The van der Waals surface area contributed by atoms with E-state index >= 15 is 0 Å². The van der Waals surface area contributed by atoms with E-state index in [0.717, 1.165) is 25.2 Å². The summed E-state index contributed by atoms with van der Waals surface area (Å²) < 4.78 is 11.4. The van der Waals surface area contributed by atoms with Crippen molar-refractivity contribution in [2.45, 2.75) is 26.0 Å². The number of likely N-dealkylation sites (tertiary alicyclic amines) is 1. The summed E-state index contributed by atoms with van der Waals surface area (Å²) in [6.07, 6.45) is 0.631. The highest BCUT2D eigenvalue weighted by atomic mass is 16.6. The predicted octanol–water partition coefficient (Wildman–Crippen LogP) is 2.01. The summed E-state index contributed by atoms with van der Waals surface area (Å²) in [6.45, 7) is 6.37. The number of morpholine rings is 1. The predicted molar refractivity (Wildman–Crippen MR) is 152 cm³/mol. The van der Waals surface area contributed by atoms with Crippen LogP contribution in [0.4, 0.5) is 5.69 Å². The number of quaternary nitrogens is 1. The fraction of sp³-hybridized carbons (Fsp3) is 0.312. The summed E-state index contributed by atoms with van der Waals surface area (Å²) in [5, 5.41) is 25.1. The minimum absolute atomic E-state index is 0.119.